The first-order valence-electron chi connectivity index (χ1n) is 4.31. The van der Waals surface area contributed by atoms with Gasteiger partial charge >= 0.3 is 0 Å². The molecule has 63 valence electrons. The molecule has 1 radical (unpaired) electrons. The Bertz CT molecular complexity index is 228. The Kier molecular flexibility index (Phi) is 3.52. The highest BCUT2D eigenvalue weighted by Crippen LogP contribution is 2.17. The average molecular weight is 161 g/mol. The van der Waals surface area contributed by atoms with Gasteiger partial charge in [-0.15, -0.1) is 0 Å². The molecule has 0 fully saturated rings. The highest BCUT2D eigenvalue weighted by Gasteiger charge is 2.08. The van der Waals surface area contributed by atoms with E-state index in [-0.39, 0.29) is 5.92 Å². The van der Waals surface area contributed by atoms with Crippen LogP contribution in [-0.2, 0) is 4.79 Å². The molecule has 1 atom stereocenters. The molecule has 0 saturated heterocycles. The van der Waals surface area contributed by atoms with Gasteiger partial charge in [-0.1, -0.05) is 43.7 Å². The highest BCUT2D eigenvalue weighted by molar-refractivity contribution is 5.62. The van der Waals surface area contributed by atoms with Gasteiger partial charge in [0.05, 0.1) is 5.92 Å². The molecular formula is C11H13O. The van der Waals surface area contributed by atoms with Gasteiger partial charge in [-0.05, 0) is 12.0 Å². The lowest BCUT2D eigenvalue weighted by atomic mass is 9.96. The minimum absolute atomic E-state index is 0.0313. The van der Waals surface area contributed by atoms with Crippen LogP contribution in [0.5, 0.6) is 0 Å². The quantitative estimate of drug-likeness (QED) is 0.663. The third-order valence-corrected chi connectivity index (χ3v) is 1.92. The van der Waals surface area contributed by atoms with E-state index in [9.17, 15) is 4.79 Å². The molecule has 1 aromatic rings. The number of carbonyl (C=O) groups excluding carboxylic acids is 1. The predicted molar refractivity (Wildman–Crippen MR) is 49.8 cm³/mol. The summed E-state index contributed by atoms with van der Waals surface area (Å²) in [7, 11) is 0. The molecule has 1 aromatic carbocycles. The summed E-state index contributed by atoms with van der Waals surface area (Å²) in [4.78, 5) is 10.6. The molecule has 1 unspecified atom stereocenters. The number of hydrogen-bond acceptors (Lipinski definition) is 1. The van der Waals surface area contributed by atoms with Gasteiger partial charge in [0.1, 0.15) is 0 Å². The van der Waals surface area contributed by atoms with Crippen molar-refractivity contribution in [1.29, 1.82) is 0 Å². The first kappa shape index (κ1) is 8.98. The fourth-order valence-electron chi connectivity index (χ4n) is 1.27. The maximum atomic E-state index is 10.6. The minimum atomic E-state index is -0.0313. The smallest absolute Gasteiger partial charge is 0.206 e. The van der Waals surface area contributed by atoms with Crippen LogP contribution in [0, 0.1) is 0 Å². The second-order valence-electron chi connectivity index (χ2n) is 2.87. The average Bonchev–Trinajstić information content (AvgIpc) is 2.15. The maximum Gasteiger partial charge on any atom is 0.206 e. The lowest BCUT2D eigenvalue weighted by molar-refractivity contribution is 0.536. The van der Waals surface area contributed by atoms with Gasteiger partial charge in [0.15, 0.2) is 0 Å². The lowest BCUT2D eigenvalue weighted by Gasteiger charge is -2.06. The Hall–Kier alpha value is -1.11. The molecule has 0 aliphatic heterocycles. The van der Waals surface area contributed by atoms with Crippen molar-refractivity contribution in [2.24, 2.45) is 0 Å². The molecule has 0 aromatic heterocycles. The summed E-state index contributed by atoms with van der Waals surface area (Å²) in [5, 5.41) is 0. The van der Waals surface area contributed by atoms with E-state index in [2.05, 4.69) is 13.2 Å². The minimum Gasteiger partial charge on any atom is -0.290 e. The molecule has 1 rings (SSSR count). The molecule has 0 heterocycles. The molecule has 0 N–H and O–H groups in total. The molecule has 1 heteroatoms. The molecule has 0 aliphatic carbocycles. The van der Waals surface area contributed by atoms with Gasteiger partial charge in [-0.25, -0.2) is 0 Å². The van der Waals surface area contributed by atoms with Crippen molar-refractivity contribution in [3.8, 4) is 0 Å². The summed E-state index contributed by atoms with van der Waals surface area (Å²) >= 11 is 0. The van der Waals surface area contributed by atoms with Gasteiger partial charge in [0, 0.05) is 0 Å². The molecule has 0 saturated carbocycles. The first-order valence-corrected chi connectivity index (χ1v) is 4.31. The van der Waals surface area contributed by atoms with Crippen molar-refractivity contribution in [2.45, 2.75) is 25.7 Å². The van der Waals surface area contributed by atoms with Crippen LogP contribution in [-0.4, -0.2) is 6.29 Å². The van der Waals surface area contributed by atoms with Crippen molar-refractivity contribution in [3.63, 3.8) is 0 Å². The summed E-state index contributed by atoms with van der Waals surface area (Å²) in [5.74, 6) is -0.0313. The van der Waals surface area contributed by atoms with Crippen LogP contribution >= 0.6 is 0 Å². The van der Waals surface area contributed by atoms with Crippen LogP contribution < -0.4 is 0 Å². The standard InChI is InChI=1S/C11H13O/c1-2-6-11(9-12)10-7-4-3-5-8-10/h3-5,7-8,11H,2,6H2,1H3. The molecule has 12 heavy (non-hydrogen) atoms. The van der Waals surface area contributed by atoms with E-state index in [1.54, 1.807) is 0 Å². The van der Waals surface area contributed by atoms with Gasteiger partial charge in [-0.2, -0.15) is 0 Å². The monoisotopic (exact) mass is 161 g/mol. The fourth-order valence-corrected chi connectivity index (χ4v) is 1.27. The van der Waals surface area contributed by atoms with Gasteiger partial charge in [0.25, 0.3) is 0 Å². The maximum absolute atomic E-state index is 10.6. The van der Waals surface area contributed by atoms with E-state index < -0.39 is 0 Å². The molecular weight excluding hydrogens is 148 g/mol. The lowest BCUT2D eigenvalue weighted by Crippen LogP contribution is -1.98. The number of benzene rings is 1. The van der Waals surface area contributed by atoms with E-state index in [0.29, 0.717) is 0 Å². The molecule has 0 aliphatic rings. The summed E-state index contributed by atoms with van der Waals surface area (Å²) in [6.45, 7) is 2.08. The molecule has 1 nitrogen and oxygen atoms in total. The van der Waals surface area contributed by atoms with Crippen LogP contribution in [0.4, 0.5) is 0 Å². The largest absolute Gasteiger partial charge is 0.290 e. The van der Waals surface area contributed by atoms with Crippen LogP contribution in [0.1, 0.15) is 31.2 Å². The molecule has 0 bridgehead atoms. The third-order valence-electron chi connectivity index (χ3n) is 1.92. The molecule has 0 amide bonds. The zero-order valence-electron chi connectivity index (χ0n) is 7.29. The van der Waals surface area contributed by atoms with E-state index >= 15 is 0 Å². The van der Waals surface area contributed by atoms with Crippen molar-refractivity contribution < 1.29 is 4.79 Å². The van der Waals surface area contributed by atoms with Gasteiger partial charge in [0.2, 0.25) is 6.29 Å². The third kappa shape index (κ3) is 2.19. The Morgan fingerprint density at radius 1 is 1.33 bits per heavy atom. The van der Waals surface area contributed by atoms with Crippen molar-refractivity contribution in [1.82, 2.24) is 0 Å². The Labute approximate surface area is 73.4 Å². The van der Waals surface area contributed by atoms with Crippen LogP contribution in [0.2, 0.25) is 0 Å². The first-order chi connectivity index (χ1) is 5.88. The van der Waals surface area contributed by atoms with Crippen molar-refractivity contribution in [3.05, 3.63) is 35.9 Å². The predicted octanol–water partition coefficient (Wildman–Crippen LogP) is 2.68. The second kappa shape index (κ2) is 4.70. The second-order valence-corrected chi connectivity index (χ2v) is 2.87. The van der Waals surface area contributed by atoms with Gasteiger partial charge in [-0.3, -0.25) is 4.79 Å². The summed E-state index contributed by atoms with van der Waals surface area (Å²) in [6, 6.07) is 9.82. The number of rotatable bonds is 4. The summed E-state index contributed by atoms with van der Waals surface area (Å²) in [5.41, 5.74) is 1.08. The topological polar surface area (TPSA) is 17.1 Å². The Balaban J connectivity index is 2.73. The zero-order chi connectivity index (χ0) is 8.81. The Morgan fingerprint density at radius 3 is 2.50 bits per heavy atom. The van der Waals surface area contributed by atoms with E-state index in [4.69, 9.17) is 0 Å². The van der Waals surface area contributed by atoms with Crippen LogP contribution in [0.15, 0.2) is 30.3 Å². The van der Waals surface area contributed by atoms with Crippen LogP contribution in [0.25, 0.3) is 0 Å². The Morgan fingerprint density at radius 2 is 2.00 bits per heavy atom. The fraction of sp³-hybridized carbons (Fsp3) is 0.364. The normalized spacial score (nSPS) is 12.4. The SMILES string of the molecule is CCCC([C]=O)c1ccccc1. The van der Waals surface area contributed by atoms with E-state index in [1.807, 2.05) is 30.3 Å². The van der Waals surface area contributed by atoms with Gasteiger partial charge < -0.3 is 0 Å². The van der Waals surface area contributed by atoms with Crippen molar-refractivity contribution >= 4 is 6.29 Å². The van der Waals surface area contributed by atoms with Crippen molar-refractivity contribution in [2.75, 3.05) is 0 Å². The summed E-state index contributed by atoms with van der Waals surface area (Å²) < 4.78 is 0. The van der Waals surface area contributed by atoms with Crippen LogP contribution in [0.3, 0.4) is 0 Å². The number of hydrogen-bond donors (Lipinski definition) is 0. The summed E-state index contributed by atoms with van der Waals surface area (Å²) in [6.07, 6.45) is 3.99. The van der Waals surface area contributed by atoms with E-state index in [1.165, 1.54) is 0 Å². The highest BCUT2D eigenvalue weighted by atomic mass is 16.1. The zero-order valence-corrected chi connectivity index (χ0v) is 7.29. The molecule has 0 spiro atoms. The van der Waals surface area contributed by atoms with E-state index in [0.717, 1.165) is 18.4 Å².